The summed E-state index contributed by atoms with van der Waals surface area (Å²) in [6.07, 6.45) is 7.09. The fourth-order valence-electron chi connectivity index (χ4n) is 6.11. The van der Waals surface area contributed by atoms with Gasteiger partial charge in [0.2, 0.25) is 5.91 Å². The van der Waals surface area contributed by atoms with Gasteiger partial charge >= 0.3 is 6.03 Å². The lowest BCUT2D eigenvalue weighted by molar-refractivity contribution is -0.123. The fraction of sp³-hybridized carbons (Fsp3) is 0.440. The molecule has 2 aliphatic carbocycles. The van der Waals surface area contributed by atoms with Crippen molar-refractivity contribution in [1.29, 1.82) is 0 Å². The fourth-order valence-corrected chi connectivity index (χ4v) is 6.28. The van der Waals surface area contributed by atoms with Crippen molar-refractivity contribution in [3.8, 4) is 0 Å². The molecule has 5 nitrogen and oxygen atoms in total. The standard InChI is InChI=1S/C25H27ClFN3O2/c26-17-10-11-20-21(15-17)29-22(31)24(20)12-5-13-25(24,16-6-4-7-18(27)14-16)30-23(32)28-19-8-2-1-3-9-19/h4,6-7,10-11,14-15,19H,1-3,5,8-9,12-13H2,(H,29,31)(H2,28,30,32)/t24-,25-/m0/s1. The Morgan fingerprint density at radius 2 is 1.88 bits per heavy atom. The molecule has 2 atom stereocenters. The number of fused-ring (bicyclic) bond motifs is 2. The van der Waals surface area contributed by atoms with E-state index >= 15 is 0 Å². The number of amides is 3. The number of halogens is 2. The van der Waals surface area contributed by atoms with Gasteiger partial charge in [-0.3, -0.25) is 4.79 Å². The second kappa shape index (κ2) is 8.07. The largest absolute Gasteiger partial charge is 0.335 e. The summed E-state index contributed by atoms with van der Waals surface area (Å²) in [5.41, 5.74) is -0.0558. The average molecular weight is 456 g/mol. The first kappa shape index (κ1) is 21.3. The van der Waals surface area contributed by atoms with E-state index in [2.05, 4.69) is 16.0 Å². The van der Waals surface area contributed by atoms with E-state index in [-0.39, 0.29) is 18.0 Å². The Kier molecular flexibility index (Phi) is 5.36. The van der Waals surface area contributed by atoms with Crippen LogP contribution in [0.4, 0.5) is 14.9 Å². The molecule has 2 aromatic rings. The Balaban J connectivity index is 1.60. The van der Waals surface area contributed by atoms with Gasteiger partial charge in [0.25, 0.3) is 0 Å². The molecule has 1 aliphatic heterocycles. The van der Waals surface area contributed by atoms with Crippen LogP contribution in [0, 0.1) is 5.82 Å². The number of carbonyl (C=O) groups excluding carboxylic acids is 2. The summed E-state index contributed by atoms with van der Waals surface area (Å²) in [5.74, 6) is -0.581. The van der Waals surface area contributed by atoms with E-state index in [1.807, 2.05) is 6.07 Å². The Morgan fingerprint density at radius 3 is 2.66 bits per heavy atom. The Bertz CT molecular complexity index is 1070. The summed E-state index contributed by atoms with van der Waals surface area (Å²) < 4.78 is 14.4. The van der Waals surface area contributed by atoms with Crippen molar-refractivity contribution < 1.29 is 14.0 Å². The van der Waals surface area contributed by atoms with Gasteiger partial charge in [0.05, 0.1) is 5.54 Å². The number of benzene rings is 2. The summed E-state index contributed by atoms with van der Waals surface area (Å²) in [6, 6.07) is 11.4. The molecule has 2 aromatic carbocycles. The van der Waals surface area contributed by atoms with Crippen LogP contribution < -0.4 is 16.0 Å². The minimum Gasteiger partial charge on any atom is -0.335 e. The van der Waals surface area contributed by atoms with E-state index < -0.39 is 16.8 Å². The van der Waals surface area contributed by atoms with Gasteiger partial charge in [-0.2, -0.15) is 0 Å². The van der Waals surface area contributed by atoms with Gasteiger partial charge in [0.1, 0.15) is 11.2 Å². The van der Waals surface area contributed by atoms with Crippen LogP contribution >= 0.6 is 11.6 Å². The topological polar surface area (TPSA) is 70.2 Å². The molecular weight excluding hydrogens is 429 g/mol. The number of urea groups is 1. The molecule has 7 heteroatoms. The molecule has 0 unspecified atom stereocenters. The van der Waals surface area contributed by atoms with Crippen LogP contribution in [0.15, 0.2) is 42.5 Å². The highest BCUT2D eigenvalue weighted by Gasteiger charge is 2.65. The van der Waals surface area contributed by atoms with Crippen molar-refractivity contribution in [2.75, 3.05) is 5.32 Å². The van der Waals surface area contributed by atoms with E-state index in [0.29, 0.717) is 29.1 Å². The maximum Gasteiger partial charge on any atom is 0.315 e. The SMILES string of the molecule is O=C(NC1CCCCC1)N[C@]1(c2cccc(F)c2)CCC[C@]12C(=O)Nc1cc(Cl)ccc12. The van der Waals surface area contributed by atoms with Crippen LogP contribution in [0.1, 0.15) is 62.5 Å². The smallest absolute Gasteiger partial charge is 0.315 e. The van der Waals surface area contributed by atoms with Crippen molar-refractivity contribution >= 4 is 29.2 Å². The summed E-state index contributed by atoms with van der Waals surface area (Å²) >= 11 is 6.19. The predicted octanol–water partition coefficient (Wildman–Crippen LogP) is 5.38. The first-order chi connectivity index (χ1) is 15.4. The quantitative estimate of drug-likeness (QED) is 0.581. The van der Waals surface area contributed by atoms with Gasteiger partial charge < -0.3 is 16.0 Å². The van der Waals surface area contributed by atoms with Gasteiger partial charge in [-0.05, 0) is 67.5 Å². The summed E-state index contributed by atoms with van der Waals surface area (Å²) in [7, 11) is 0. The molecule has 2 saturated carbocycles. The molecule has 2 fully saturated rings. The van der Waals surface area contributed by atoms with Crippen LogP contribution in [0.5, 0.6) is 0 Å². The van der Waals surface area contributed by atoms with Gasteiger partial charge in [-0.1, -0.05) is 49.1 Å². The molecule has 0 aromatic heterocycles. The van der Waals surface area contributed by atoms with Crippen molar-refractivity contribution in [2.45, 2.75) is 68.4 Å². The molecular formula is C25H27ClFN3O2. The third-order valence-electron chi connectivity index (χ3n) is 7.49. The van der Waals surface area contributed by atoms with Crippen LogP contribution in [0.3, 0.4) is 0 Å². The second-order valence-electron chi connectivity index (χ2n) is 9.25. The minimum atomic E-state index is -1.07. The monoisotopic (exact) mass is 455 g/mol. The van der Waals surface area contributed by atoms with Crippen molar-refractivity contribution in [2.24, 2.45) is 0 Å². The lowest BCUT2D eigenvalue weighted by Crippen LogP contribution is -2.62. The highest BCUT2D eigenvalue weighted by molar-refractivity contribution is 6.31. The van der Waals surface area contributed by atoms with Crippen LogP contribution in [0.2, 0.25) is 5.02 Å². The van der Waals surface area contributed by atoms with Gasteiger partial charge in [-0.25, -0.2) is 9.18 Å². The van der Waals surface area contributed by atoms with Gasteiger partial charge in [-0.15, -0.1) is 0 Å². The molecule has 0 bridgehead atoms. The van der Waals surface area contributed by atoms with Gasteiger partial charge in [0.15, 0.2) is 0 Å². The van der Waals surface area contributed by atoms with Crippen molar-refractivity contribution in [3.63, 3.8) is 0 Å². The normalized spacial score (nSPS) is 27.2. The predicted molar refractivity (Wildman–Crippen MR) is 122 cm³/mol. The zero-order chi connectivity index (χ0) is 22.3. The van der Waals surface area contributed by atoms with Crippen LogP contribution in [0.25, 0.3) is 0 Å². The highest BCUT2D eigenvalue weighted by atomic mass is 35.5. The number of nitrogens with one attached hydrogen (secondary N) is 3. The van der Waals surface area contributed by atoms with Gasteiger partial charge in [0, 0.05) is 16.8 Å². The second-order valence-corrected chi connectivity index (χ2v) is 9.69. The number of rotatable bonds is 3. The van der Waals surface area contributed by atoms with Crippen LogP contribution in [-0.2, 0) is 15.7 Å². The minimum absolute atomic E-state index is 0.120. The lowest BCUT2D eigenvalue weighted by atomic mass is 9.64. The molecule has 3 amide bonds. The zero-order valence-corrected chi connectivity index (χ0v) is 18.6. The summed E-state index contributed by atoms with van der Waals surface area (Å²) in [4.78, 5) is 26.9. The van der Waals surface area contributed by atoms with Crippen LogP contribution in [-0.4, -0.2) is 18.0 Å². The van der Waals surface area contributed by atoms with E-state index in [1.54, 1.807) is 24.3 Å². The van der Waals surface area contributed by atoms with E-state index in [1.165, 1.54) is 18.6 Å². The lowest BCUT2D eigenvalue weighted by Gasteiger charge is -2.44. The molecule has 3 aliphatic rings. The maximum atomic E-state index is 14.4. The number of hydrogen-bond donors (Lipinski definition) is 3. The van der Waals surface area contributed by atoms with Crippen molar-refractivity contribution in [1.82, 2.24) is 10.6 Å². The molecule has 1 spiro atoms. The van der Waals surface area contributed by atoms with E-state index in [9.17, 15) is 14.0 Å². The number of hydrogen-bond acceptors (Lipinski definition) is 2. The average Bonchev–Trinajstić information content (AvgIpc) is 3.28. The third kappa shape index (κ3) is 3.27. The molecule has 32 heavy (non-hydrogen) atoms. The molecule has 168 valence electrons. The highest BCUT2D eigenvalue weighted by Crippen LogP contribution is 2.59. The molecule has 3 N–H and O–H groups in total. The number of anilines is 1. The Labute approximate surface area is 192 Å². The Hall–Kier alpha value is -2.60. The zero-order valence-electron chi connectivity index (χ0n) is 17.8. The number of carbonyl (C=O) groups is 2. The first-order valence-corrected chi connectivity index (χ1v) is 11.8. The summed E-state index contributed by atoms with van der Waals surface area (Å²) in [6.45, 7) is 0. The first-order valence-electron chi connectivity index (χ1n) is 11.4. The summed E-state index contributed by atoms with van der Waals surface area (Å²) in [5, 5.41) is 9.81. The van der Waals surface area contributed by atoms with E-state index in [4.69, 9.17) is 11.6 Å². The van der Waals surface area contributed by atoms with E-state index in [0.717, 1.165) is 37.7 Å². The molecule has 1 heterocycles. The maximum absolute atomic E-state index is 14.4. The molecule has 0 saturated heterocycles. The third-order valence-corrected chi connectivity index (χ3v) is 7.73. The Morgan fingerprint density at radius 1 is 1.06 bits per heavy atom. The molecule has 0 radical (unpaired) electrons. The molecule has 5 rings (SSSR count). The van der Waals surface area contributed by atoms with Crippen molar-refractivity contribution in [3.05, 3.63) is 64.4 Å².